The normalized spacial score (nSPS) is 25.3. The first kappa shape index (κ1) is 32.1. The Morgan fingerprint density at radius 3 is 2.55 bits per heavy atom. The number of rotatable bonds is 7. The Hall–Kier alpha value is -2.83. The molecule has 0 spiro atoms. The fourth-order valence-electron chi connectivity index (χ4n) is 6.59. The summed E-state index contributed by atoms with van der Waals surface area (Å²) in [6.45, 7) is 9.07. The van der Waals surface area contributed by atoms with Gasteiger partial charge in [-0.1, -0.05) is 12.1 Å². The number of carbonyl (C=O) groups excluding carboxylic acids is 2. The standard InChI is InChI=1S/C30H44N8O3.ClH/c1-19(36-17-21-6-7-23(31)15-22(21)18-36)14-20-4-8-24(9-5-20)37-12-10-26(34-28(37)40)35-29(41)38-13-11-33-16-25(38)27(39)30(2,3)32;/h4-5,8-10,12,19,21-23,25,33H,6-7,11,13-18,31-32H2,1-3H3,(H,34,35,40,41);1H. The summed E-state index contributed by atoms with van der Waals surface area (Å²) < 4.78 is 1.45. The Morgan fingerprint density at radius 1 is 1.14 bits per heavy atom. The maximum atomic E-state index is 13.0. The van der Waals surface area contributed by atoms with Crippen molar-refractivity contribution in [2.24, 2.45) is 23.3 Å². The molecule has 42 heavy (non-hydrogen) atoms. The van der Waals surface area contributed by atoms with Crippen LogP contribution in [0.3, 0.4) is 0 Å². The number of hydrogen-bond acceptors (Lipinski definition) is 8. The van der Waals surface area contributed by atoms with Gasteiger partial charge in [0.05, 0.1) is 11.2 Å². The summed E-state index contributed by atoms with van der Waals surface area (Å²) >= 11 is 0. The van der Waals surface area contributed by atoms with E-state index in [0.29, 0.717) is 37.4 Å². The highest BCUT2D eigenvalue weighted by Gasteiger charge is 2.39. The van der Waals surface area contributed by atoms with E-state index in [4.69, 9.17) is 11.5 Å². The van der Waals surface area contributed by atoms with Gasteiger partial charge in [-0.3, -0.25) is 19.6 Å². The number of aromatic nitrogens is 2. The Balaban J connectivity index is 0.00000405. The molecular formula is C30H45ClN8O3. The number of hydrogen-bond donors (Lipinski definition) is 4. The number of Topliss-reactive ketones (excluding diaryl/α,β-unsaturated/α-hetero) is 1. The number of nitrogens with zero attached hydrogens (tertiary/aromatic N) is 4. The molecule has 1 aromatic heterocycles. The van der Waals surface area contributed by atoms with E-state index in [1.54, 1.807) is 26.1 Å². The Bertz CT molecular complexity index is 1310. The average molecular weight is 601 g/mol. The number of urea groups is 1. The number of carbonyl (C=O) groups is 2. The molecule has 12 heteroatoms. The van der Waals surface area contributed by atoms with Crippen LogP contribution in [0.2, 0.25) is 0 Å². The van der Waals surface area contributed by atoms with Crippen molar-refractivity contribution in [2.45, 2.75) is 70.1 Å². The van der Waals surface area contributed by atoms with Crippen molar-refractivity contribution in [3.05, 3.63) is 52.6 Å². The maximum absolute atomic E-state index is 13.0. The lowest BCUT2D eigenvalue weighted by atomic mass is 9.79. The molecule has 6 N–H and O–H groups in total. The number of anilines is 1. The molecule has 5 rings (SSSR count). The molecule has 2 aliphatic heterocycles. The minimum Gasteiger partial charge on any atom is -0.328 e. The molecule has 0 bridgehead atoms. The van der Waals surface area contributed by atoms with Gasteiger partial charge >= 0.3 is 11.7 Å². The molecule has 1 saturated carbocycles. The van der Waals surface area contributed by atoms with Crippen LogP contribution in [-0.4, -0.2) is 87.6 Å². The number of benzene rings is 1. The highest BCUT2D eigenvalue weighted by Crippen LogP contribution is 2.36. The van der Waals surface area contributed by atoms with Gasteiger partial charge in [-0.2, -0.15) is 4.98 Å². The van der Waals surface area contributed by atoms with E-state index in [1.807, 2.05) is 12.1 Å². The Kier molecular flexibility index (Phi) is 10.1. The molecule has 3 fully saturated rings. The van der Waals surface area contributed by atoms with Crippen molar-refractivity contribution < 1.29 is 9.59 Å². The lowest BCUT2D eigenvalue weighted by Crippen LogP contribution is -2.63. The van der Waals surface area contributed by atoms with Gasteiger partial charge in [0.25, 0.3) is 0 Å². The quantitative estimate of drug-likeness (QED) is 0.375. The SMILES string of the molecule is CC(Cc1ccc(-n2ccc(NC(=O)N3CCNCC3C(=O)C(C)(C)N)nc2=O)cc1)N1CC2CCC(N)CC2C1.Cl. The van der Waals surface area contributed by atoms with Gasteiger partial charge in [0, 0.05) is 51.0 Å². The van der Waals surface area contributed by atoms with Crippen LogP contribution in [-0.2, 0) is 11.2 Å². The van der Waals surface area contributed by atoms with E-state index in [0.717, 1.165) is 44.2 Å². The van der Waals surface area contributed by atoms with Crippen LogP contribution in [0.15, 0.2) is 41.3 Å². The zero-order valence-electron chi connectivity index (χ0n) is 24.8. The van der Waals surface area contributed by atoms with Gasteiger partial charge in [0.1, 0.15) is 11.9 Å². The van der Waals surface area contributed by atoms with Crippen molar-refractivity contribution >= 4 is 30.0 Å². The summed E-state index contributed by atoms with van der Waals surface area (Å²) in [4.78, 5) is 46.8. The molecule has 2 saturated heterocycles. The van der Waals surface area contributed by atoms with E-state index in [9.17, 15) is 14.4 Å². The van der Waals surface area contributed by atoms with Crippen LogP contribution < -0.4 is 27.8 Å². The number of fused-ring (bicyclic) bond motifs is 1. The molecule has 3 heterocycles. The maximum Gasteiger partial charge on any atom is 0.354 e. The Morgan fingerprint density at radius 2 is 1.86 bits per heavy atom. The number of halogens is 1. The number of amides is 2. The van der Waals surface area contributed by atoms with Crippen LogP contribution in [0.25, 0.3) is 5.69 Å². The summed E-state index contributed by atoms with van der Waals surface area (Å²) in [5, 5.41) is 5.81. The summed E-state index contributed by atoms with van der Waals surface area (Å²) in [5.41, 5.74) is 12.6. The van der Waals surface area contributed by atoms with Crippen LogP contribution in [0, 0.1) is 11.8 Å². The molecule has 2 amide bonds. The molecule has 2 aromatic rings. The second kappa shape index (κ2) is 13.2. The predicted molar refractivity (Wildman–Crippen MR) is 166 cm³/mol. The van der Waals surface area contributed by atoms with Crippen LogP contribution in [0.4, 0.5) is 10.6 Å². The highest BCUT2D eigenvalue weighted by atomic mass is 35.5. The summed E-state index contributed by atoms with van der Waals surface area (Å²) in [6.07, 6.45) is 6.09. The third-order valence-corrected chi connectivity index (χ3v) is 8.97. The minimum absolute atomic E-state index is 0. The first-order chi connectivity index (χ1) is 19.5. The molecule has 1 aromatic carbocycles. The van der Waals surface area contributed by atoms with Crippen molar-refractivity contribution in [3.8, 4) is 5.69 Å². The molecule has 3 aliphatic rings. The van der Waals surface area contributed by atoms with E-state index < -0.39 is 23.3 Å². The zero-order valence-corrected chi connectivity index (χ0v) is 25.6. The highest BCUT2D eigenvalue weighted by molar-refractivity contribution is 5.97. The van der Waals surface area contributed by atoms with Gasteiger partial charge in [-0.15, -0.1) is 12.4 Å². The fourth-order valence-corrected chi connectivity index (χ4v) is 6.59. The second-order valence-electron chi connectivity index (χ2n) is 12.7. The van der Waals surface area contributed by atoms with Crippen molar-refractivity contribution in [2.75, 3.05) is 38.0 Å². The van der Waals surface area contributed by atoms with Gasteiger partial charge in [0.15, 0.2) is 5.78 Å². The number of likely N-dealkylation sites (tertiary alicyclic amines) is 1. The second-order valence-corrected chi connectivity index (χ2v) is 12.7. The lowest BCUT2D eigenvalue weighted by molar-refractivity contribution is -0.127. The minimum atomic E-state index is -1.07. The Labute approximate surface area is 253 Å². The first-order valence-corrected chi connectivity index (χ1v) is 14.8. The van der Waals surface area contributed by atoms with E-state index in [2.05, 4.69) is 39.6 Å². The van der Waals surface area contributed by atoms with Crippen molar-refractivity contribution in [3.63, 3.8) is 0 Å². The lowest BCUT2D eigenvalue weighted by Gasteiger charge is -2.37. The molecule has 1 aliphatic carbocycles. The van der Waals surface area contributed by atoms with Gasteiger partial charge in [-0.25, -0.2) is 9.59 Å². The molecule has 5 atom stereocenters. The van der Waals surface area contributed by atoms with Gasteiger partial charge in [-0.05, 0) is 82.1 Å². The monoisotopic (exact) mass is 600 g/mol. The molecule has 230 valence electrons. The average Bonchev–Trinajstić information content (AvgIpc) is 3.36. The van der Waals surface area contributed by atoms with Crippen LogP contribution >= 0.6 is 12.4 Å². The van der Waals surface area contributed by atoms with E-state index >= 15 is 0 Å². The first-order valence-electron chi connectivity index (χ1n) is 14.8. The number of nitrogens with one attached hydrogen (secondary N) is 2. The number of piperazine rings is 1. The molecular weight excluding hydrogens is 556 g/mol. The van der Waals surface area contributed by atoms with Gasteiger partial charge < -0.3 is 21.7 Å². The topological polar surface area (TPSA) is 152 Å². The largest absolute Gasteiger partial charge is 0.354 e. The molecule has 0 radical (unpaired) electrons. The number of ketones is 1. The van der Waals surface area contributed by atoms with Crippen LogP contribution in [0.1, 0.15) is 45.6 Å². The summed E-state index contributed by atoms with van der Waals surface area (Å²) in [7, 11) is 0. The molecule has 5 unspecified atom stereocenters. The molecule has 11 nitrogen and oxygen atoms in total. The van der Waals surface area contributed by atoms with Crippen molar-refractivity contribution in [1.29, 1.82) is 0 Å². The smallest absolute Gasteiger partial charge is 0.328 e. The third-order valence-electron chi connectivity index (χ3n) is 8.97. The summed E-state index contributed by atoms with van der Waals surface area (Å²) in [5.74, 6) is 1.41. The van der Waals surface area contributed by atoms with E-state index in [-0.39, 0.29) is 24.0 Å². The van der Waals surface area contributed by atoms with Gasteiger partial charge in [0.2, 0.25) is 0 Å². The van der Waals surface area contributed by atoms with Crippen LogP contribution in [0.5, 0.6) is 0 Å². The fraction of sp³-hybridized carbons (Fsp3) is 0.600. The number of nitrogens with two attached hydrogens (primary N) is 2. The van der Waals surface area contributed by atoms with E-state index in [1.165, 1.54) is 21.5 Å². The summed E-state index contributed by atoms with van der Waals surface area (Å²) in [6, 6.07) is 9.18. The van der Waals surface area contributed by atoms with Crippen molar-refractivity contribution in [1.82, 2.24) is 24.7 Å². The zero-order chi connectivity index (χ0) is 29.3. The third kappa shape index (κ3) is 7.20. The predicted octanol–water partition coefficient (Wildman–Crippen LogP) is 1.76.